The third-order valence-corrected chi connectivity index (χ3v) is 3.41. The Balaban J connectivity index is 2.09. The summed E-state index contributed by atoms with van der Waals surface area (Å²) in [7, 11) is 0. The van der Waals surface area contributed by atoms with Crippen molar-refractivity contribution in [3.8, 4) is 0 Å². The van der Waals surface area contributed by atoms with Crippen LogP contribution in [0.5, 0.6) is 0 Å². The van der Waals surface area contributed by atoms with Gasteiger partial charge in [-0.1, -0.05) is 22.0 Å². The first-order valence-corrected chi connectivity index (χ1v) is 6.70. The van der Waals surface area contributed by atoms with Crippen molar-refractivity contribution in [3.63, 3.8) is 0 Å². The summed E-state index contributed by atoms with van der Waals surface area (Å²) < 4.78 is 6.14. The minimum atomic E-state index is -0.377. The van der Waals surface area contributed by atoms with E-state index in [1.165, 1.54) is 19.1 Å². The molecule has 0 fully saturated rings. The van der Waals surface area contributed by atoms with Gasteiger partial charge in [-0.05, 0) is 30.7 Å². The molecule has 0 aliphatic rings. The van der Waals surface area contributed by atoms with Crippen LogP contribution >= 0.6 is 15.9 Å². The molecule has 2 amide bonds. The molecule has 2 aromatic rings. The predicted octanol–water partition coefficient (Wildman–Crippen LogP) is 3.56. The zero-order valence-electron chi connectivity index (χ0n) is 11.0. The summed E-state index contributed by atoms with van der Waals surface area (Å²) in [6, 6.07) is 8.54. The van der Waals surface area contributed by atoms with Gasteiger partial charge in [0.05, 0.1) is 0 Å². The Bertz CT molecular complexity index is 664. The third kappa shape index (κ3) is 3.48. The zero-order chi connectivity index (χ0) is 14.7. The molecular weight excluding hydrogens is 324 g/mol. The molecule has 0 bridgehead atoms. The van der Waals surface area contributed by atoms with E-state index in [2.05, 4.69) is 26.6 Å². The highest BCUT2D eigenvalue weighted by atomic mass is 79.9. The Morgan fingerprint density at radius 1 is 1.15 bits per heavy atom. The summed E-state index contributed by atoms with van der Waals surface area (Å²) in [5.74, 6) is -0.260. The van der Waals surface area contributed by atoms with Crippen LogP contribution in [0.4, 0.5) is 11.6 Å². The number of anilines is 2. The molecule has 0 spiro atoms. The van der Waals surface area contributed by atoms with Crippen molar-refractivity contribution in [2.75, 3.05) is 10.6 Å². The first kappa shape index (κ1) is 14.3. The number of nitrogens with one attached hydrogen (secondary N) is 2. The second-order valence-electron chi connectivity index (χ2n) is 4.26. The van der Waals surface area contributed by atoms with Crippen molar-refractivity contribution in [2.45, 2.75) is 13.8 Å². The third-order valence-electron chi connectivity index (χ3n) is 2.56. The molecule has 2 rings (SSSR count). The lowest BCUT2D eigenvalue weighted by molar-refractivity contribution is -0.114. The van der Waals surface area contributed by atoms with Gasteiger partial charge in [0.2, 0.25) is 5.91 Å². The molecule has 20 heavy (non-hydrogen) atoms. The maximum atomic E-state index is 12.0. The summed E-state index contributed by atoms with van der Waals surface area (Å²) in [4.78, 5) is 22.9. The molecule has 2 N–H and O–H groups in total. The van der Waals surface area contributed by atoms with Crippen LogP contribution < -0.4 is 10.6 Å². The SMILES string of the molecule is CC(=O)Nc1ccc(C(=O)Nc2ccc(C)c(Br)c2)o1. The summed E-state index contributed by atoms with van der Waals surface area (Å²) in [6.07, 6.45) is 0. The van der Waals surface area contributed by atoms with Gasteiger partial charge in [-0.25, -0.2) is 0 Å². The monoisotopic (exact) mass is 336 g/mol. The Kier molecular flexibility index (Phi) is 4.24. The van der Waals surface area contributed by atoms with Gasteiger partial charge in [-0.3, -0.25) is 14.9 Å². The second-order valence-corrected chi connectivity index (χ2v) is 5.12. The number of carbonyl (C=O) groups excluding carboxylic acids is 2. The van der Waals surface area contributed by atoms with Crippen LogP contribution in [0.1, 0.15) is 23.0 Å². The van der Waals surface area contributed by atoms with E-state index in [1.54, 1.807) is 6.07 Å². The molecule has 1 heterocycles. The maximum Gasteiger partial charge on any atom is 0.291 e. The number of hydrogen-bond acceptors (Lipinski definition) is 3. The van der Waals surface area contributed by atoms with Crippen LogP contribution in [-0.4, -0.2) is 11.8 Å². The van der Waals surface area contributed by atoms with Crippen LogP contribution in [0.3, 0.4) is 0 Å². The fourth-order valence-electron chi connectivity index (χ4n) is 1.56. The minimum absolute atomic E-state index is 0.130. The van der Waals surface area contributed by atoms with E-state index in [4.69, 9.17) is 4.42 Å². The summed E-state index contributed by atoms with van der Waals surface area (Å²) in [6.45, 7) is 3.33. The Hall–Kier alpha value is -2.08. The molecule has 1 aromatic heterocycles. The molecule has 5 nitrogen and oxygen atoms in total. The molecule has 0 atom stereocenters. The molecule has 0 aliphatic carbocycles. The number of benzene rings is 1. The van der Waals surface area contributed by atoms with E-state index in [1.807, 2.05) is 19.1 Å². The Morgan fingerprint density at radius 2 is 1.90 bits per heavy atom. The highest BCUT2D eigenvalue weighted by Gasteiger charge is 2.12. The van der Waals surface area contributed by atoms with Gasteiger partial charge >= 0.3 is 0 Å². The van der Waals surface area contributed by atoms with E-state index in [9.17, 15) is 9.59 Å². The van der Waals surface area contributed by atoms with Crippen LogP contribution in [0, 0.1) is 6.92 Å². The number of carbonyl (C=O) groups is 2. The lowest BCUT2D eigenvalue weighted by atomic mass is 10.2. The smallest absolute Gasteiger partial charge is 0.291 e. The van der Waals surface area contributed by atoms with Gasteiger partial charge in [0.1, 0.15) is 0 Å². The van der Waals surface area contributed by atoms with Crippen molar-refractivity contribution >= 4 is 39.3 Å². The number of hydrogen-bond donors (Lipinski definition) is 2. The molecule has 1 aromatic carbocycles. The standard InChI is InChI=1S/C14H13BrN2O3/c1-8-3-4-10(7-11(8)15)17-14(19)12-5-6-13(20-12)16-9(2)18/h3-7H,1-2H3,(H,16,18)(H,17,19). The molecule has 0 unspecified atom stereocenters. The molecular formula is C14H13BrN2O3. The fraction of sp³-hybridized carbons (Fsp3) is 0.143. The number of halogens is 1. The Morgan fingerprint density at radius 3 is 2.55 bits per heavy atom. The quantitative estimate of drug-likeness (QED) is 0.900. The van der Waals surface area contributed by atoms with Crippen molar-refractivity contribution in [2.24, 2.45) is 0 Å². The van der Waals surface area contributed by atoms with Crippen LogP contribution in [0.15, 0.2) is 39.2 Å². The van der Waals surface area contributed by atoms with Gasteiger partial charge in [0.15, 0.2) is 11.6 Å². The van der Waals surface area contributed by atoms with Gasteiger partial charge in [-0.2, -0.15) is 0 Å². The highest BCUT2D eigenvalue weighted by Crippen LogP contribution is 2.21. The van der Waals surface area contributed by atoms with E-state index >= 15 is 0 Å². The van der Waals surface area contributed by atoms with Crippen LogP contribution in [-0.2, 0) is 4.79 Å². The zero-order valence-corrected chi connectivity index (χ0v) is 12.6. The minimum Gasteiger partial charge on any atom is -0.435 e. The van der Waals surface area contributed by atoms with Crippen molar-refractivity contribution in [1.29, 1.82) is 0 Å². The molecule has 0 aliphatic heterocycles. The average Bonchev–Trinajstić information content (AvgIpc) is 2.81. The van der Waals surface area contributed by atoms with Crippen molar-refractivity contribution in [1.82, 2.24) is 0 Å². The second kappa shape index (κ2) is 5.92. The van der Waals surface area contributed by atoms with Crippen molar-refractivity contribution < 1.29 is 14.0 Å². The van der Waals surface area contributed by atoms with Gasteiger partial charge in [0, 0.05) is 23.2 Å². The van der Waals surface area contributed by atoms with E-state index in [0.717, 1.165) is 10.0 Å². The largest absolute Gasteiger partial charge is 0.435 e. The lowest BCUT2D eigenvalue weighted by Gasteiger charge is -2.05. The summed E-state index contributed by atoms with van der Waals surface area (Å²) in [5.41, 5.74) is 1.74. The summed E-state index contributed by atoms with van der Waals surface area (Å²) in [5, 5.41) is 5.18. The predicted molar refractivity (Wildman–Crippen MR) is 79.8 cm³/mol. The lowest BCUT2D eigenvalue weighted by Crippen LogP contribution is -2.11. The molecule has 0 saturated heterocycles. The van der Waals surface area contributed by atoms with Gasteiger partial charge in [0.25, 0.3) is 5.91 Å². The molecule has 104 valence electrons. The van der Waals surface area contributed by atoms with Crippen LogP contribution in [0.2, 0.25) is 0 Å². The first-order chi connectivity index (χ1) is 9.45. The van der Waals surface area contributed by atoms with Gasteiger partial charge < -0.3 is 9.73 Å². The summed E-state index contributed by atoms with van der Waals surface area (Å²) >= 11 is 3.40. The normalized spacial score (nSPS) is 10.2. The highest BCUT2D eigenvalue weighted by molar-refractivity contribution is 9.10. The van der Waals surface area contributed by atoms with Crippen LogP contribution in [0.25, 0.3) is 0 Å². The maximum absolute atomic E-state index is 12.0. The van der Waals surface area contributed by atoms with E-state index in [-0.39, 0.29) is 23.5 Å². The topological polar surface area (TPSA) is 71.3 Å². The number of rotatable bonds is 3. The number of furan rings is 1. The van der Waals surface area contributed by atoms with Gasteiger partial charge in [-0.15, -0.1) is 0 Å². The molecule has 0 saturated carbocycles. The average molecular weight is 337 g/mol. The first-order valence-electron chi connectivity index (χ1n) is 5.90. The Labute approximate surface area is 124 Å². The molecule has 6 heteroatoms. The molecule has 0 radical (unpaired) electrons. The number of aryl methyl sites for hydroxylation is 1. The van der Waals surface area contributed by atoms with Crippen molar-refractivity contribution in [3.05, 3.63) is 46.1 Å². The van der Waals surface area contributed by atoms with E-state index < -0.39 is 0 Å². The fourth-order valence-corrected chi connectivity index (χ4v) is 1.94. The van der Waals surface area contributed by atoms with E-state index in [0.29, 0.717) is 5.69 Å². The number of amides is 2.